The number of carbonyl (C=O) groups excluding carboxylic acids is 1. The van der Waals surface area contributed by atoms with Crippen molar-refractivity contribution < 1.29 is 9.90 Å². The van der Waals surface area contributed by atoms with E-state index in [2.05, 4.69) is 0 Å². The predicted molar refractivity (Wildman–Crippen MR) is 118 cm³/mol. The molecule has 30 heavy (non-hydrogen) atoms. The molecule has 2 aromatic carbocycles. The monoisotopic (exact) mass is 418 g/mol. The van der Waals surface area contributed by atoms with Crippen molar-refractivity contribution >= 4 is 33.8 Å². The number of aromatic nitrogens is 1. The van der Waals surface area contributed by atoms with Crippen molar-refractivity contribution in [3.8, 4) is 11.1 Å². The zero-order chi connectivity index (χ0) is 20.8. The lowest BCUT2D eigenvalue weighted by Gasteiger charge is -2.19. The number of halogens is 1. The number of amides is 1. The van der Waals surface area contributed by atoms with Crippen LogP contribution in [0.5, 0.6) is 0 Å². The van der Waals surface area contributed by atoms with Gasteiger partial charge < -0.3 is 10.0 Å². The molecule has 1 fully saturated rings. The molecule has 4 aromatic rings. The number of β-amino-alcohol motifs (C(OH)–C–C–N with tert-alkyl or cyclic N) is 1. The number of aliphatic hydroxyl groups excluding tert-OH is 1. The van der Waals surface area contributed by atoms with Gasteiger partial charge in [0.25, 0.3) is 11.5 Å². The van der Waals surface area contributed by atoms with Gasteiger partial charge in [-0.2, -0.15) is 0 Å². The van der Waals surface area contributed by atoms with Crippen LogP contribution in [0.25, 0.3) is 27.4 Å². The maximum absolute atomic E-state index is 13.5. The van der Waals surface area contributed by atoms with Crippen molar-refractivity contribution in [3.63, 3.8) is 0 Å². The average molecular weight is 419 g/mol. The molecule has 1 aliphatic heterocycles. The highest BCUT2D eigenvalue weighted by Gasteiger charge is 2.28. The molecule has 1 atom stereocenters. The quantitative estimate of drug-likeness (QED) is 0.501. The summed E-state index contributed by atoms with van der Waals surface area (Å²) in [5.74, 6) is -0.200. The first-order chi connectivity index (χ1) is 14.5. The SMILES string of the molecule is O=C(c1cc(-c2ccccc2)c(=O)n2ccc3ccc(Cl)cc3c12)N1CCC(O)C1. The van der Waals surface area contributed by atoms with Crippen LogP contribution in [-0.4, -0.2) is 39.5 Å². The highest BCUT2D eigenvalue weighted by atomic mass is 35.5. The Morgan fingerprint density at radius 3 is 2.60 bits per heavy atom. The molecule has 1 saturated heterocycles. The van der Waals surface area contributed by atoms with E-state index in [1.54, 1.807) is 29.3 Å². The van der Waals surface area contributed by atoms with Gasteiger partial charge in [0.1, 0.15) is 0 Å². The molecule has 6 heteroatoms. The van der Waals surface area contributed by atoms with Gasteiger partial charge in [-0.25, -0.2) is 0 Å². The Kier molecular flexibility index (Phi) is 4.57. The molecule has 0 bridgehead atoms. The molecule has 2 aromatic heterocycles. The zero-order valence-corrected chi connectivity index (χ0v) is 16.8. The highest BCUT2D eigenvalue weighted by Crippen LogP contribution is 2.29. The Balaban J connectivity index is 1.86. The summed E-state index contributed by atoms with van der Waals surface area (Å²) >= 11 is 6.25. The van der Waals surface area contributed by atoms with Crippen molar-refractivity contribution in [1.82, 2.24) is 9.30 Å². The van der Waals surface area contributed by atoms with Crippen LogP contribution in [0, 0.1) is 0 Å². The topological polar surface area (TPSA) is 62.0 Å². The van der Waals surface area contributed by atoms with Crippen molar-refractivity contribution in [2.45, 2.75) is 12.5 Å². The predicted octanol–water partition coefficient (Wildman–Crippen LogP) is 3.98. The number of pyridine rings is 2. The van der Waals surface area contributed by atoms with E-state index in [9.17, 15) is 14.7 Å². The van der Waals surface area contributed by atoms with E-state index in [0.717, 1.165) is 16.3 Å². The van der Waals surface area contributed by atoms with Gasteiger partial charge in [-0.1, -0.05) is 48.0 Å². The van der Waals surface area contributed by atoms with E-state index >= 15 is 0 Å². The highest BCUT2D eigenvalue weighted by molar-refractivity contribution is 6.31. The summed E-state index contributed by atoms with van der Waals surface area (Å²) < 4.78 is 1.53. The number of hydrogen-bond acceptors (Lipinski definition) is 3. The summed E-state index contributed by atoms with van der Waals surface area (Å²) in [5.41, 5.74) is 1.97. The minimum atomic E-state index is -0.522. The smallest absolute Gasteiger partial charge is 0.263 e. The Labute approximate surface area is 177 Å². The van der Waals surface area contributed by atoms with E-state index < -0.39 is 6.10 Å². The maximum atomic E-state index is 13.5. The lowest BCUT2D eigenvalue weighted by Crippen LogP contribution is -2.31. The number of hydrogen-bond donors (Lipinski definition) is 1. The third-order valence-electron chi connectivity index (χ3n) is 5.67. The second kappa shape index (κ2) is 7.27. The number of likely N-dealkylation sites (tertiary alicyclic amines) is 1. The summed E-state index contributed by atoms with van der Waals surface area (Å²) in [7, 11) is 0. The van der Waals surface area contributed by atoms with Gasteiger partial charge in [-0.05, 0) is 41.6 Å². The van der Waals surface area contributed by atoms with Gasteiger partial charge in [-0.3, -0.25) is 14.0 Å². The molecular formula is C24H19ClN2O3. The van der Waals surface area contributed by atoms with Gasteiger partial charge in [0.05, 0.1) is 17.2 Å². The lowest BCUT2D eigenvalue weighted by molar-refractivity contribution is 0.0766. The normalized spacial score (nSPS) is 16.5. The largest absolute Gasteiger partial charge is 0.391 e. The molecule has 0 radical (unpaired) electrons. The molecule has 0 aliphatic carbocycles. The molecule has 0 saturated carbocycles. The summed E-state index contributed by atoms with van der Waals surface area (Å²) in [4.78, 5) is 28.5. The van der Waals surface area contributed by atoms with E-state index in [0.29, 0.717) is 34.6 Å². The first-order valence-corrected chi connectivity index (χ1v) is 10.2. The zero-order valence-electron chi connectivity index (χ0n) is 16.1. The minimum Gasteiger partial charge on any atom is -0.391 e. The fourth-order valence-electron chi connectivity index (χ4n) is 4.17. The Morgan fingerprint density at radius 1 is 1.07 bits per heavy atom. The Hall–Kier alpha value is -3.15. The standard InChI is InChI=1S/C24H19ClN2O3/c25-17-7-6-16-8-11-27-22(19(16)12-17)21(23(29)26-10-9-18(28)14-26)13-20(24(27)30)15-4-2-1-3-5-15/h1-8,11-13,18,28H,9-10,14H2. The Bertz CT molecular complexity index is 1350. The van der Waals surface area contributed by atoms with Crippen LogP contribution in [0.2, 0.25) is 5.02 Å². The van der Waals surface area contributed by atoms with Gasteiger partial charge in [-0.15, -0.1) is 0 Å². The number of aliphatic hydroxyl groups is 1. The van der Waals surface area contributed by atoms with Gasteiger partial charge >= 0.3 is 0 Å². The molecule has 0 spiro atoms. The number of benzene rings is 2. The second-order valence-electron chi connectivity index (χ2n) is 7.60. The molecule has 1 aliphatic rings. The molecule has 1 unspecified atom stereocenters. The molecule has 1 amide bonds. The second-order valence-corrected chi connectivity index (χ2v) is 8.04. The summed E-state index contributed by atoms with van der Waals surface area (Å²) in [6, 6.07) is 18.3. The van der Waals surface area contributed by atoms with Gasteiger partial charge in [0.2, 0.25) is 0 Å². The number of fused-ring (bicyclic) bond motifs is 3. The first-order valence-electron chi connectivity index (χ1n) is 9.83. The van der Waals surface area contributed by atoms with Crippen molar-refractivity contribution in [3.05, 3.63) is 87.8 Å². The fraction of sp³-hybridized carbons (Fsp3) is 0.167. The fourth-order valence-corrected chi connectivity index (χ4v) is 4.34. The first kappa shape index (κ1) is 18.9. The maximum Gasteiger partial charge on any atom is 0.263 e. The molecule has 150 valence electrons. The van der Waals surface area contributed by atoms with Crippen LogP contribution in [0.3, 0.4) is 0 Å². The summed E-state index contributed by atoms with van der Waals surface area (Å²) in [6.45, 7) is 0.772. The van der Waals surface area contributed by atoms with Crippen LogP contribution in [0.1, 0.15) is 16.8 Å². The van der Waals surface area contributed by atoms with Crippen LogP contribution in [-0.2, 0) is 0 Å². The molecule has 5 rings (SSSR count). The average Bonchev–Trinajstić information content (AvgIpc) is 3.20. The third-order valence-corrected chi connectivity index (χ3v) is 5.91. The molecule has 5 nitrogen and oxygen atoms in total. The summed E-state index contributed by atoms with van der Waals surface area (Å²) in [6.07, 6.45) is 1.73. The van der Waals surface area contributed by atoms with Crippen LogP contribution >= 0.6 is 11.6 Å². The summed E-state index contributed by atoms with van der Waals surface area (Å²) in [5, 5.41) is 12.1. The van der Waals surface area contributed by atoms with E-state index in [1.807, 2.05) is 42.5 Å². The van der Waals surface area contributed by atoms with Gasteiger partial charge in [0, 0.05) is 35.3 Å². The number of nitrogens with zero attached hydrogens (tertiary/aromatic N) is 2. The molecular weight excluding hydrogens is 400 g/mol. The van der Waals surface area contributed by atoms with Crippen molar-refractivity contribution in [1.29, 1.82) is 0 Å². The van der Waals surface area contributed by atoms with Crippen LogP contribution < -0.4 is 5.56 Å². The third kappa shape index (κ3) is 3.07. The van der Waals surface area contributed by atoms with Crippen molar-refractivity contribution in [2.75, 3.05) is 13.1 Å². The minimum absolute atomic E-state index is 0.198. The van der Waals surface area contributed by atoms with E-state index in [-0.39, 0.29) is 18.0 Å². The number of carbonyl (C=O) groups is 1. The van der Waals surface area contributed by atoms with E-state index in [1.165, 1.54) is 4.40 Å². The Morgan fingerprint density at radius 2 is 1.87 bits per heavy atom. The van der Waals surface area contributed by atoms with Crippen LogP contribution in [0.4, 0.5) is 0 Å². The van der Waals surface area contributed by atoms with Crippen LogP contribution in [0.15, 0.2) is 71.7 Å². The molecule has 3 heterocycles. The molecule has 1 N–H and O–H groups in total. The van der Waals surface area contributed by atoms with Gasteiger partial charge in [0.15, 0.2) is 0 Å². The number of rotatable bonds is 2. The van der Waals surface area contributed by atoms with E-state index in [4.69, 9.17) is 11.6 Å². The van der Waals surface area contributed by atoms with Crippen molar-refractivity contribution in [2.24, 2.45) is 0 Å². The lowest BCUT2D eigenvalue weighted by atomic mass is 10.0.